The van der Waals surface area contributed by atoms with Crippen molar-refractivity contribution in [3.63, 3.8) is 0 Å². The molecule has 2 atom stereocenters. The normalized spacial score (nSPS) is 19.0. The number of carbonyl (C=O) groups is 1. The number of amides is 1. The molecule has 0 saturated carbocycles. The molecule has 0 unspecified atom stereocenters. The molecule has 2 aromatic rings. The topological polar surface area (TPSA) is 49.8 Å². The summed E-state index contributed by atoms with van der Waals surface area (Å²) in [5.74, 6) is 0.781. The van der Waals surface area contributed by atoms with Crippen molar-refractivity contribution in [2.75, 3.05) is 20.2 Å². The van der Waals surface area contributed by atoms with Crippen molar-refractivity contribution in [3.8, 4) is 5.75 Å². The zero-order valence-electron chi connectivity index (χ0n) is 14.1. The number of aliphatic hydroxyl groups excluding tert-OH is 1. The van der Waals surface area contributed by atoms with Gasteiger partial charge in [0.2, 0.25) is 5.91 Å². The van der Waals surface area contributed by atoms with Gasteiger partial charge in [0, 0.05) is 19.5 Å². The number of ether oxygens (including phenoxy) is 1. The smallest absolute Gasteiger partial charge is 0.248 e. The molecule has 1 aliphatic rings. The third-order valence-corrected chi connectivity index (χ3v) is 4.69. The monoisotopic (exact) mass is 325 g/mol. The molecule has 4 nitrogen and oxygen atoms in total. The van der Waals surface area contributed by atoms with E-state index in [0.29, 0.717) is 6.54 Å². The first-order valence-electron chi connectivity index (χ1n) is 8.25. The molecule has 0 radical (unpaired) electrons. The number of aliphatic hydroxyl groups is 1. The van der Waals surface area contributed by atoms with E-state index >= 15 is 0 Å². The maximum Gasteiger partial charge on any atom is 0.248 e. The predicted molar refractivity (Wildman–Crippen MR) is 92.9 cm³/mol. The average Bonchev–Trinajstić information content (AvgIpc) is 2.93. The quantitative estimate of drug-likeness (QED) is 0.919. The van der Waals surface area contributed by atoms with Crippen molar-refractivity contribution in [1.29, 1.82) is 0 Å². The number of aryl methyl sites for hydroxylation is 1. The van der Waals surface area contributed by atoms with E-state index in [2.05, 4.69) is 12.1 Å². The summed E-state index contributed by atoms with van der Waals surface area (Å²) in [7, 11) is 1.73. The number of nitrogens with zero attached hydrogens (tertiary/aromatic N) is 1. The molecular weight excluding hydrogens is 302 g/mol. The van der Waals surface area contributed by atoms with E-state index in [1.807, 2.05) is 43.3 Å². The van der Waals surface area contributed by atoms with Crippen LogP contribution in [0.5, 0.6) is 5.75 Å². The molecular formula is C20H23NO3. The van der Waals surface area contributed by atoms with E-state index in [1.54, 1.807) is 11.9 Å². The molecule has 1 N–H and O–H groups in total. The van der Waals surface area contributed by atoms with Gasteiger partial charge >= 0.3 is 0 Å². The standard InChI is InChI=1S/C20H23NO3/c1-14-7-3-6-10-18(14)24-20-16(12-21(2)19(23)13-22)11-15-8-4-5-9-17(15)20/h3-10,16,20,22H,11-13H2,1-2H3/t16-,20+/m1/s1. The fourth-order valence-electron chi connectivity index (χ4n) is 3.36. The van der Waals surface area contributed by atoms with E-state index in [0.717, 1.165) is 17.7 Å². The lowest BCUT2D eigenvalue weighted by molar-refractivity contribution is -0.133. The SMILES string of the molecule is Cc1ccccc1O[C@@H]1c2ccccc2C[C@@H]1CN(C)C(=O)CO. The Hall–Kier alpha value is -2.33. The van der Waals surface area contributed by atoms with Gasteiger partial charge in [0.1, 0.15) is 18.5 Å². The van der Waals surface area contributed by atoms with Crippen LogP contribution in [0.25, 0.3) is 0 Å². The molecule has 2 aromatic carbocycles. The third kappa shape index (κ3) is 3.29. The van der Waals surface area contributed by atoms with Gasteiger partial charge in [-0.25, -0.2) is 0 Å². The van der Waals surface area contributed by atoms with E-state index < -0.39 is 6.61 Å². The van der Waals surface area contributed by atoms with Crippen molar-refractivity contribution >= 4 is 5.91 Å². The van der Waals surface area contributed by atoms with E-state index in [9.17, 15) is 4.79 Å². The Morgan fingerprint density at radius 1 is 1.21 bits per heavy atom. The first-order valence-corrected chi connectivity index (χ1v) is 8.25. The highest BCUT2D eigenvalue weighted by atomic mass is 16.5. The molecule has 24 heavy (non-hydrogen) atoms. The molecule has 1 aliphatic carbocycles. The Bertz CT molecular complexity index is 728. The molecule has 0 saturated heterocycles. The Balaban J connectivity index is 1.86. The molecule has 1 amide bonds. The first-order chi connectivity index (χ1) is 11.6. The van der Waals surface area contributed by atoms with Crippen LogP contribution in [0.4, 0.5) is 0 Å². The second-order valence-corrected chi connectivity index (χ2v) is 6.40. The molecule has 0 bridgehead atoms. The minimum Gasteiger partial charge on any atom is -0.485 e. The van der Waals surface area contributed by atoms with Gasteiger partial charge in [-0.15, -0.1) is 0 Å². The Labute approximate surface area is 142 Å². The molecule has 0 aromatic heterocycles. The van der Waals surface area contributed by atoms with Crippen LogP contribution >= 0.6 is 0 Å². The lowest BCUT2D eigenvalue weighted by atomic mass is 10.0. The maximum absolute atomic E-state index is 11.7. The second-order valence-electron chi connectivity index (χ2n) is 6.40. The van der Waals surface area contributed by atoms with Gasteiger partial charge in [0.05, 0.1) is 0 Å². The predicted octanol–water partition coefficient (Wildman–Crippen LogP) is 2.74. The zero-order valence-corrected chi connectivity index (χ0v) is 14.1. The number of fused-ring (bicyclic) bond motifs is 1. The van der Waals surface area contributed by atoms with Crippen molar-refractivity contribution in [1.82, 2.24) is 4.90 Å². The summed E-state index contributed by atoms with van der Waals surface area (Å²) < 4.78 is 6.36. The number of hydrogen-bond acceptors (Lipinski definition) is 3. The van der Waals surface area contributed by atoms with Crippen LogP contribution in [-0.2, 0) is 11.2 Å². The highest BCUT2D eigenvalue weighted by Crippen LogP contribution is 2.40. The lowest BCUT2D eigenvalue weighted by Gasteiger charge is -2.27. The van der Waals surface area contributed by atoms with Crippen molar-refractivity contribution in [2.45, 2.75) is 19.4 Å². The molecule has 0 heterocycles. The van der Waals surface area contributed by atoms with Gasteiger partial charge in [-0.1, -0.05) is 42.5 Å². The summed E-state index contributed by atoms with van der Waals surface area (Å²) in [6, 6.07) is 16.3. The number of likely N-dealkylation sites (N-methyl/N-ethyl adjacent to an activating group) is 1. The fourth-order valence-corrected chi connectivity index (χ4v) is 3.36. The van der Waals surface area contributed by atoms with Gasteiger partial charge in [-0.05, 0) is 36.1 Å². The average molecular weight is 325 g/mol. The number of para-hydroxylation sites is 1. The highest BCUT2D eigenvalue weighted by Gasteiger charge is 2.35. The number of hydrogen-bond donors (Lipinski definition) is 1. The van der Waals surface area contributed by atoms with Crippen LogP contribution in [0.1, 0.15) is 22.8 Å². The highest BCUT2D eigenvalue weighted by molar-refractivity contribution is 5.76. The largest absolute Gasteiger partial charge is 0.485 e. The summed E-state index contributed by atoms with van der Waals surface area (Å²) in [6.07, 6.45) is 0.784. The summed E-state index contributed by atoms with van der Waals surface area (Å²) >= 11 is 0. The molecule has 0 fully saturated rings. The summed E-state index contributed by atoms with van der Waals surface area (Å²) in [5, 5.41) is 9.07. The first kappa shape index (κ1) is 16.5. The van der Waals surface area contributed by atoms with Crippen molar-refractivity contribution < 1.29 is 14.6 Å². The van der Waals surface area contributed by atoms with Gasteiger partial charge in [-0.2, -0.15) is 0 Å². The lowest BCUT2D eigenvalue weighted by Crippen LogP contribution is -2.35. The van der Waals surface area contributed by atoms with E-state index in [4.69, 9.17) is 9.84 Å². The minimum absolute atomic E-state index is 0.0868. The number of rotatable bonds is 5. The summed E-state index contributed by atoms with van der Waals surface area (Å²) in [5.41, 5.74) is 3.56. The molecule has 3 rings (SSSR count). The van der Waals surface area contributed by atoms with Crippen LogP contribution in [0.2, 0.25) is 0 Å². The van der Waals surface area contributed by atoms with E-state index in [-0.39, 0.29) is 17.9 Å². The molecule has 0 aliphatic heterocycles. The Kier molecular flexibility index (Phi) is 4.86. The van der Waals surface area contributed by atoms with Crippen LogP contribution in [0, 0.1) is 12.8 Å². The van der Waals surface area contributed by atoms with E-state index in [1.165, 1.54) is 11.1 Å². The summed E-state index contributed by atoms with van der Waals surface area (Å²) in [4.78, 5) is 13.3. The molecule has 0 spiro atoms. The number of carbonyl (C=O) groups excluding carboxylic acids is 1. The van der Waals surface area contributed by atoms with Gasteiger partial charge in [0.25, 0.3) is 0 Å². The second kappa shape index (κ2) is 7.05. The van der Waals surface area contributed by atoms with Crippen LogP contribution in [0.15, 0.2) is 48.5 Å². The van der Waals surface area contributed by atoms with Crippen molar-refractivity contribution in [2.24, 2.45) is 5.92 Å². The van der Waals surface area contributed by atoms with Gasteiger partial charge in [0.15, 0.2) is 0 Å². The Morgan fingerprint density at radius 3 is 2.67 bits per heavy atom. The Morgan fingerprint density at radius 2 is 1.92 bits per heavy atom. The van der Waals surface area contributed by atoms with Gasteiger partial charge in [-0.3, -0.25) is 4.79 Å². The number of benzene rings is 2. The van der Waals surface area contributed by atoms with Crippen LogP contribution in [0.3, 0.4) is 0 Å². The molecule has 4 heteroatoms. The van der Waals surface area contributed by atoms with Gasteiger partial charge < -0.3 is 14.7 Å². The van der Waals surface area contributed by atoms with Crippen molar-refractivity contribution in [3.05, 3.63) is 65.2 Å². The minimum atomic E-state index is -0.459. The summed E-state index contributed by atoms with van der Waals surface area (Å²) in [6.45, 7) is 2.14. The van der Waals surface area contributed by atoms with Crippen LogP contribution in [-0.4, -0.2) is 36.1 Å². The maximum atomic E-state index is 11.7. The third-order valence-electron chi connectivity index (χ3n) is 4.69. The molecule has 126 valence electrons. The zero-order chi connectivity index (χ0) is 17.1. The van der Waals surface area contributed by atoms with Crippen LogP contribution < -0.4 is 4.74 Å². The fraction of sp³-hybridized carbons (Fsp3) is 0.350.